The van der Waals surface area contributed by atoms with Gasteiger partial charge in [0.2, 0.25) is 5.91 Å². The molecule has 2 atom stereocenters. The molecule has 2 unspecified atom stereocenters. The van der Waals surface area contributed by atoms with Crippen molar-refractivity contribution in [3.63, 3.8) is 0 Å². The Balaban J connectivity index is 2.11. The van der Waals surface area contributed by atoms with Gasteiger partial charge in [-0.05, 0) is 23.5 Å². The summed E-state index contributed by atoms with van der Waals surface area (Å²) in [6.45, 7) is 4.58. The van der Waals surface area contributed by atoms with Gasteiger partial charge in [0.05, 0.1) is 6.42 Å². The molecule has 0 bridgehead atoms. The van der Waals surface area contributed by atoms with Gasteiger partial charge in [0.25, 0.3) is 0 Å². The van der Waals surface area contributed by atoms with Crippen LogP contribution < -0.4 is 10.6 Å². The predicted molar refractivity (Wildman–Crippen MR) is 79.9 cm³/mol. The molecule has 2 rings (SSSR count). The maximum atomic E-state index is 12.5. The highest BCUT2D eigenvalue weighted by Crippen LogP contribution is 2.23. The summed E-state index contributed by atoms with van der Waals surface area (Å²) in [6.07, 6.45) is 0.848. The second-order valence-electron chi connectivity index (χ2n) is 5.79. The monoisotopic (exact) mass is 290 g/mol. The van der Waals surface area contributed by atoms with E-state index in [1.54, 1.807) is 0 Å². The molecular weight excluding hydrogens is 268 g/mol. The van der Waals surface area contributed by atoms with Gasteiger partial charge in [-0.1, -0.05) is 38.1 Å². The van der Waals surface area contributed by atoms with E-state index in [1.807, 2.05) is 38.1 Å². The molecule has 0 fully saturated rings. The minimum absolute atomic E-state index is 0.0578. The van der Waals surface area contributed by atoms with E-state index in [2.05, 4.69) is 10.6 Å². The third-order valence-corrected chi connectivity index (χ3v) is 3.90. The average Bonchev–Trinajstić information content (AvgIpc) is 2.45. The van der Waals surface area contributed by atoms with Crippen LogP contribution in [0.2, 0.25) is 0 Å². The Morgan fingerprint density at radius 2 is 2.10 bits per heavy atom. The molecule has 1 aliphatic heterocycles. The third kappa shape index (κ3) is 3.82. The number of carbonyl (C=O) groups excluding carboxylic acids is 1. The summed E-state index contributed by atoms with van der Waals surface area (Å²) in [5.41, 5.74) is 2.16. The van der Waals surface area contributed by atoms with Crippen LogP contribution in [0, 0.1) is 5.92 Å². The van der Waals surface area contributed by atoms with Crippen LogP contribution in [-0.2, 0) is 16.0 Å². The molecule has 0 saturated carbocycles. The molecule has 1 aliphatic rings. The highest BCUT2D eigenvalue weighted by atomic mass is 16.4. The van der Waals surface area contributed by atoms with Gasteiger partial charge in [-0.15, -0.1) is 0 Å². The van der Waals surface area contributed by atoms with Gasteiger partial charge in [-0.2, -0.15) is 0 Å². The molecule has 5 nitrogen and oxygen atoms in total. The second-order valence-corrected chi connectivity index (χ2v) is 5.79. The number of rotatable bonds is 5. The molecule has 1 aromatic carbocycles. The minimum Gasteiger partial charge on any atom is -0.481 e. The smallest absolute Gasteiger partial charge is 0.305 e. The number of carbonyl (C=O) groups is 2. The van der Waals surface area contributed by atoms with E-state index in [0.717, 1.165) is 18.5 Å². The van der Waals surface area contributed by atoms with Crippen molar-refractivity contribution in [3.05, 3.63) is 35.4 Å². The molecule has 0 aromatic heterocycles. The van der Waals surface area contributed by atoms with Crippen LogP contribution in [0.4, 0.5) is 0 Å². The maximum Gasteiger partial charge on any atom is 0.305 e. The van der Waals surface area contributed by atoms with Crippen LogP contribution in [0.5, 0.6) is 0 Å². The summed E-state index contributed by atoms with van der Waals surface area (Å²) in [7, 11) is 0. The lowest BCUT2D eigenvalue weighted by atomic mass is 9.93. The molecule has 0 radical (unpaired) electrons. The largest absolute Gasteiger partial charge is 0.481 e. The highest BCUT2D eigenvalue weighted by Gasteiger charge is 2.28. The summed E-state index contributed by atoms with van der Waals surface area (Å²) in [5.74, 6) is -0.975. The van der Waals surface area contributed by atoms with Crippen LogP contribution >= 0.6 is 0 Å². The quantitative estimate of drug-likeness (QED) is 0.767. The summed E-state index contributed by atoms with van der Waals surface area (Å²) in [6, 6.07) is 7.13. The van der Waals surface area contributed by atoms with Gasteiger partial charge in [-0.25, -0.2) is 0 Å². The van der Waals surface area contributed by atoms with Gasteiger partial charge in [0.15, 0.2) is 0 Å². The fourth-order valence-corrected chi connectivity index (χ4v) is 2.65. The number of hydrogen-bond donors (Lipinski definition) is 3. The lowest BCUT2D eigenvalue weighted by molar-refractivity contribution is -0.138. The van der Waals surface area contributed by atoms with Crippen molar-refractivity contribution in [2.45, 2.75) is 38.8 Å². The summed E-state index contributed by atoms with van der Waals surface area (Å²) >= 11 is 0. The minimum atomic E-state index is -0.897. The van der Waals surface area contributed by atoms with E-state index in [0.29, 0.717) is 0 Å². The van der Waals surface area contributed by atoms with Crippen molar-refractivity contribution in [1.29, 1.82) is 0 Å². The van der Waals surface area contributed by atoms with Gasteiger partial charge in [0.1, 0.15) is 6.04 Å². The first-order valence-electron chi connectivity index (χ1n) is 7.32. The van der Waals surface area contributed by atoms with Crippen molar-refractivity contribution in [3.8, 4) is 0 Å². The van der Waals surface area contributed by atoms with E-state index < -0.39 is 12.0 Å². The molecule has 0 aliphatic carbocycles. The zero-order chi connectivity index (χ0) is 15.4. The Labute approximate surface area is 124 Å². The summed E-state index contributed by atoms with van der Waals surface area (Å²) < 4.78 is 0. The van der Waals surface area contributed by atoms with Crippen molar-refractivity contribution in [2.75, 3.05) is 6.54 Å². The Bertz CT molecular complexity index is 528. The van der Waals surface area contributed by atoms with Crippen LogP contribution in [0.1, 0.15) is 37.4 Å². The van der Waals surface area contributed by atoms with E-state index >= 15 is 0 Å². The molecule has 5 heteroatoms. The zero-order valence-corrected chi connectivity index (χ0v) is 12.4. The van der Waals surface area contributed by atoms with Gasteiger partial charge >= 0.3 is 5.97 Å². The third-order valence-electron chi connectivity index (χ3n) is 3.90. The standard InChI is InChI=1S/C16H22N2O3/c1-10(2)13(9-14(19)20)18-16(21)15-12-6-4-3-5-11(12)7-8-17-15/h3-6,10,13,15,17H,7-9H2,1-2H3,(H,18,21)(H,19,20). The van der Waals surface area contributed by atoms with Crippen LogP contribution in [0.25, 0.3) is 0 Å². The lowest BCUT2D eigenvalue weighted by Crippen LogP contribution is -2.47. The number of nitrogens with one attached hydrogen (secondary N) is 2. The molecule has 1 heterocycles. The van der Waals surface area contributed by atoms with Crippen molar-refractivity contribution in [2.24, 2.45) is 5.92 Å². The predicted octanol–water partition coefficient (Wildman–Crippen LogP) is 1.49. The van der Waals surface area contributed by atoms with Crippen LogP contribution in [-0.4, -0.2) is 29.6 Å². The summed E-state index contributed by atoms with van der Waals surface area (Å²) in [5, 5.41) is 15.0. The molecule has 3 N–H and O–H groups in total. The molecule has 0 spiro atoms. The normalized spacial score (nSPS) is 18.9. The maximum absolute atomic E-state index is 12.5. The average molecular weight is 290 g/mol. The fourth-order valence-electron chi connectivity index (χ4n) is 2.65. The van der Waals surface area contributed by atoms with Crippen molar-refractivity contribution in [1.82, 2.24) is 10.6 Å². The van der Waals surface area contributed by atoms with Crippen molar-refractivity contribution >= 4 is 11.9 Å². The Morgan fingerprint density at radius 3 is 2.76 bits per heavy atom. The van der Waals surface area contributed by atoms with Crippen LogP contribution in [0.15, 0.2) is 24.3 Å². The first-order valence-corrected chi connectivity index (χ1v) is 7.32. The second kappa shape index (κ2) is 6.72. The van der Waals surface area contributed by atoms with Gasteiger partial charge < -0.3 is 15.7 Å². The van der Waals surface area contributed by atoms with E-state index in [-0.39, 0.29) is 24.3 Å². The van der Waals surface area contributed by atoms with Gasteiger partial charge in [0, 0.05) is 12.6 Å². The van der Waals surface area contributed by atoms with Crippen molar-refractivity contribution < 1.29 is 14.7 Å². The topological polar surface area (TPSA) is 78.4 Å². The van der Waals surface area contributed by atoms with E-state index in [4.69, 9.17) is 5.11 Å². The number of carboxylic acids is 1. The van der Waals surface area contributed by atoms with Gasteiger partial charge in [-0.3, -0.25) is 9.59 Å². The Morgan fingerprint density at radius 1 is 1.38 bits per heavy atom. The number of hydrogen-bond acceptors (Lipinski definition) is 3. The SMILES string of the molecule is CC(C)C(CC(=O)O)NC(=O)C1NCCc2ccccc21. The first-order chi connectivity index (χ1) is 9.99. The molecule has 0 saturated heterocycles. The number of fused-ring (bicyclic) bond motifs is 1. The number of amides is 1. The Hall–Kier alpha value is -1.88. The van der Waals surface area contributed by atoms with E-state index in [1.165, 1.54) is 5.56 Å². The molecular formula is C16H22N2O3. The number of benzene rings is 1. The lowest BCUT2D eigenvalue weighted by Gasteiger charge is -2.29. The Kier molecular flexibility index (Phi) is 4.96. The molecule has 1 amide bonds. The number of carboxylic acid groups (broad SMARTS) is 1. The molecule has 114 valence electrons. The fraction of sp³-hybridized carbons (Fsp3) is 0.500. The summed E-state index contributed by atoms with van der Waals surface area (Å²) in [4.78, 5) is 23.4. The zero-order valence-electron chi connectivity index (χ0n) is 12.4. The molecule has 21 heavy (non-hydrogen) atoms. The van der Waals surface area contributed by atoms with E-state index in [9.17, 15) is 9.59 Å². The number of aliphatic carboxylic acids is 1. The highest BCUT2D eigenvalue weighted by molar-refractivity contribution is 5.84. The van der Waals surface area contributed by atoms with Crippen LogP contribution in [0.3, 0.4) is 0 Å². The first kappa shape index (κ1) is 15.5. The molecule has 1 aromatic rings.